The van der Waals surface area contributed by atoms with Crippen molar-refractivity contribution in [2.75, 3.05) is 27.4 Å². The molecule has 0 saturated heterocycles. The molecule has 3 aromatic rings. The average Bonchev–Trinajstić information content (AvgIpc) is 3.14. The van der Waals surface area contributed by atoms with Gasteiger partial charge in [-0.3, -0.25) is 9.36 Å². The lowest BCUT2D eigenvalue weighted by Gasteiger charge is -2.25. The fraction of sp³-hybridized carbons (Fsp3) is 0.240. The van der Waals surface area contributed by atoms with Gasteiger partial charge in [-0.05, 0) is 42.3 Å². The summed E-state index contributed by atoms with van der Waals surface area (Å²) in [6.07, 6.45) is 1.74. The van der Waals surface area contributed by atoms with Crippen LogP contribution in [0.25, 0.3) is 6.08 Å². The monoisotopic (exact) mass is 498 g/mol. The Morgan fingerprint density at radius 1 is 1.15 bits per heavy atom. The van der Waals surface area contributed by atoms with Crippen molar-refractivity contribution in [3.8, 4) is 5.75 Å². The molecule has 2 aromatic carbocycles. The lowest BCUT2D eigenvalue weighted by atomic mass is 9.96. The smallest absolute Gasteiger partial charge is 0.338 e. The topological polar surface area (TPSA) is 79.1 Å². The average molecular weight is 499 g/mol. The summed E-state index contributed by atoms with van der Waals surface area (Å²) in [5.74, 6) is 0.124. The lowest BCUT2D eigenvalue weighted by Crippen LogP contribution is -2.40. The van der Waals surface area contributed by atoms with Crippen molar-refractivity contribution in [2.45, 2.75) is 13.0 Å². The summed E-state index contributed by atoms with van der Waals surface area (Å²) in [7, 11) is 3.11. The number of allylic oxidation sites excluding steroid dienone is 1. The van der Waals surface area contributed by atoms with Gasteiger partial charge in [-0.15, -0.1) is 0 Å². The molecule has 0 amide bonds. The zero-order valence-electron chi connectivity index (χ0n) is 18.9. The molecule has 0 aliphatic carbocycles. The number of hydrogen-bond acceptors (Lipinski definition) is 7. The van der Waals surface area contributed by atoms with Crippen molar-refractivity contribution < 1.29 is 19.0 Å². The van der Waals surface area contributed by atoms with Crippen LogP contribution in [0.3, 0.4) is 0 Å². The number of esters is 1. The number of rotatable bonds is 7. The van der Waals surface area contributed by atoms with E-state index >= 15 is 0 Å². The SMILES string of the molecule is COCCOC(=O)C1=C(C)N=c2s/c(=C/c3ccccc3Cl)c(=O)n2[C@H]1c1ccc(OC)cc1. The summed E-state index contributed by atoms with van der Waals surface area (Å²) >= 11 is 7.55. The van der Waals surface area contributed by atoms with E-state index in [0.29, 0.717) is 31.4 Å². The van der Waals surface area contributed by atoms with Crippen LogP contribution >= 0.6 is 22.9 Å². The molecule has 0 radical (unpaired) electrons. The molecule has 4 rings (SSSR count). The first-order valence-corrected chi connectivity index (χ1v) is 11.7. The van der Waals surface area contributed by atoms with Crippen LogP contribution in [0.15, 0.2) is 69.6 Å². The fourth-order valence-corrected chi connectivity index (χ4v) is 4.94. The van der Waals surface area contributed by atoms with Crippen LogP contribution in [0.5, 0.6) is 5.75 Å². The third kappa shape index (κ3) is 4.70. The molecule has 0 saturated carbocycles. The number of halogens is 1. The van der Waals surface area contributed by atoms with Crippen molar-refractivity contribution in [1.82, 2.24) is 4.57 Å². The summed E-state index contributed by atoms with van der Waals surface area (Å²) in [6.45, 7) is 2.11. The van der Waals surface area contributed by atoms with Crippen molar-refractivity contribution in [1.29, 1.82) is 0 Å². The molecule has 1 atom stereocenters. The van der Waals surface area contributed by atoms with Gasteiger partial charge in [-0.1, -0.05) is 53.3 Å². The molecule has 1 aromatic heterocycles. The zero-order valence-corrected chi connectivity index (χ0v) is 20.5. The highest BCUT2D eigenvalue weighted by molar-refractivity contribution is 7.07. The first kappa shape index (κ1) is 23.9. The molecular weight excluding hydrogens is 476 g/mol. The summed E-state index contributed by atoms with van der Waals surface area (Å²) in [6, 6.07) is 13.8. The zero-order chi connectivity index (χ0) is 24.2. The van der Waals surface area contributed by atoms with Gasteiger partial charge in [-0.25, -0.2) is 9.79 Å². The van der Waals surface area contributed by atoms with E-state index in [2.05, 4.69) is 4.99 Å². The number of aromatic nitrogens is 1. The van der Waals surface area contributed by atoms with Crippen molar-refractivity contribution in [3.05, 3.63) is 95.6 Å². The number of methoxy groups -OCH3 is 2. The maximum Gasteiger partial charge on any atom is 0.338 e. The second-order valence-electron chi connectivity index (χ2n) is 7.51. The molecule has 9 heteroatoms. The van der Waals surface area contributed by atoms with E-state index in [1.165, 1.54) is 23.0 Å². The standard InChI is InChI=1S/C25H23ClN2O5S/c1-15-21(24(30)33-13-12-31-2)22(16-8-10-18(32-3)11-9-16)28-23(29)20(34-25(28)27-15)14-17-6-4-5-7-19(17)26/h4-11,14,22H,12-13H2,1-3H3/b20-14+/t22-/m0/s1. The molecule has 0 fully saturated rings. The molecule has 1 aliphatic rings. The molecule has 0 unspecified atom stereocenters. The van der Waals surface area contributed by atoms with E-state index in [1.54, 1.807) is 38.3 Å². The minimum absolute atomic E-state index is 0.0956. The van der Waals surface area contributed by atoms with Crippen LogP contribution in [0, 0.1) is 0 Å². The molecule has 176 valence electrons. The van der Waals surface area contributed by atoms with Gasteiger partial charge in [0.25, 0.3) is 5.56 Å². The Hall–Kier alpha value is -3.20. The third-order valence-corrected chi connectivity index (χ3v) is 6.71. The number of hydrogen-bond donors (Lipinski definition) is 0. The van der Waals surface area contributed by atoms with Crippen LogP contribution in [0.4, 0.5) is 0 Å². The summed E-state index contributed by atoms with van der Waals surface area (Å²) < 4.78 is 17.7. The second kappa shape index (κ2) is 10.4. The van der Waals surface area contributed by atoms with Gasteiger partial charge in [0.15, 0.2) is 4.80 Å². The van der Waals surface area contributed by atoms with Gasteiger partial charge in [-0.2, -0.15) is 0 Å². The normalized spacial score (nSPS) is 15.6. The van der Waals surface area contributed by atoms with Gasteiger partial charge >= 0.3 is 5.97 Å². The first-order valence-electron chi connectivity index (χ1n) is 10.5. The molecule has 0 N–H and O–H groups in total. The second-order valence-corrected chi connectivity index (χ2v) is 8.92. The number of benzene rings is 2. The highest BCUT2D eigenvalue weighted by Gasteiger charge is 2.33. The molecule has 0 spiro atoms. The maximum absolute atomic E-state index is 13.6. The molecule has 2 heterocycles. The molecular formula is C25H23ClN2O5S. The summed E-state index contributed by atoms with van der Waals surface area (Å²) in [4.78, 5) is 31.8. The minimum atomic E-state index is -0.703. The Labute approximate surface area is 205 Å². The highest BCUT2D eigenvalue weighted by atomic mass is 35.5. The van der Waals surface area contributed by atoms with Crippen LogP contribution in [-0.4, -0.2) is 38.0 Å². The van der Waals surface area contributed by atoms with Crippen LogP contribution < -0.4 is 19.6 Å². The molecule has 34 heavy (non-hydrogen) atoms. The number of ether oxygens (including phenoxy) is 3. The Morgan fingerprint density at radius 2 is 1.88 bits per heavy atom. The molecule has 0 bridgehead atoms. The number of carbonyl (C=O) groups excluding carboxylic acids is 1. The van der Waals surface area contributed by atoms with Gasteiger partial charge in [0, 0.05) is 12.1 Å². The van der Waals surface area contributed by atoms with Gasteiger partial charge in [0.2, 0.25) is 0 Å². The minimum Gasteiger partial charge on any atom is -0.497 e. The number of fused-ring (bicyclic) bond motifs is 1. The van der Waals surface area contributed by atoms with E-state index in [1.807, 2.05) is 30.3 Å². The van der Waals surface area contributed by atoms with Gasteiger partial charge < -0.3 is 14.2 Å². The van der Waals surface area contributed by atoms with Crippen molar-refractivity contribution in [2.24, 2.45) is 4.99 Å². The predicted octanol–water partition coefficient (Wildman–Crippen LogP) is 3.09. The van der Waals surface area contributed by atoms with Crippen molar-refractivity contribution in [3.63, 3.8) is 0 Å². The highest BCUT2D eigenvalue weighted by Crippen LogP contribution is 2.31. The van der Waals surface area contributed by atoms with E-state index in [0.717, 1.165) is 11.1 Å². The Bertz CT molecular complexity index is 1420. The van der Waals surface area contributed by atoms with E-state index in [4.69, 9.17) is 25.8 Å². The quantitative estimate of drug-likeness (QED) is 0.369. The predicted molar refractivity (Wildman–Crippen MR) is 131 cm³/mol. The summed E-state index contributed by atoms with van der Waals surface area (Å²) in [5.41, 5.74) is 2.00. The molecule has 1 aliphatic heterocycles. The first-order chi connectivity index (χ1) is 16.4. The maximum atomic E-state index is 13.6. The number of thiazole rings is 1. The van der Waals surface area contributed by atoms with Gasteiger partial charge in [0.1, 0.15) is 12.4 Å². The summed E-state index contributed by atoms with van der Waals surface area (Å²) in [5, 5.41) is 0.540. The Kier molecular flexibility index (Phi) is 7.31. The van der Waals surface area contributed by atoms with E-state index in [9.17, 15) is 9.59 Å². The van der Waals surface area contributed by atoms with E-state index < -0.39 is 12.0 Å². The third-order valence-electron chi connectivity index (χ3n) is 5.39. The van der Waals surface area contributed by atoms with Crippen LogP contribution in [0.1, 0.15) is 24.1 Å². The lowest BCUT2D eigenvalue weighted by molar-refractivity contribution is -0.140. The molecule has 7 nitrogen and oxygen atoms in total. The largest absolute Gasteiger partial charge is 0.497 e. The van der Waals surface area contributed by atoms with Crippen LogP contribution in [0.2, 0.25) is 5.02 Å². The van der Waals surface area contributed by atoms with Crippen molar-refractivity contribution >= 4 is 35.0 Å². The number of nitrogens with zero attached hydrogens (tertiary/aromatic N) is 2. The van der Waals surface area contributed by atoms with Crippen LogP contribution in [-0.2, 0) is 14.3 Å². The number of carbonyl (C=O) groups is 1. The van der Waals surface area contributed by atoms with E-state index in [-0.39, 0.29) is 18.8 Å². The fourth-order valence-electron chi connectivity index (χ4n) is 3.71. The van der Waals surface area contributed by atoms with Gasteiger partial charge in [0.05, 0.1) is 35.6 Å². The Morgan fingerprint density at radius 3 is 2.56 bits per heavy atom. The Balaban J connectivity index is 1.89.